The number of anilines is 1. The van der Waals surface area contributed by atoms with Crippen molar-refractivity contribution >= 4 is 11.9 Å². The van der Waals surface area contributed by atoms with Crippen LogP contribution in [0.2, 0.25) is 0 Å². The first-order valence-electron chi connectivity index (χ1n) is 5.95. The molecule has 3 rings (SSSR count). The summed E-state index contributed by atoms with van der Waals surface area (Å²) >= 11 is 0. The molecule has 0 aromatic carbocycles. The highest BCUT2D eigenvalue weighted by Crippen LogP contribution is 2.17. The van der Waals surface area contributed by atoms with Crippen molar-refractivity contribution in [1.29, 1.82) is 0 Å². The van der Waals surface area contributed by atoms with Crippen LogP contribution in [-0.2, 0) is 6.54 Å². The van der Waals surface area contributed by atoms with Gasteiger partial charge in [0, 0.05) is 32.4 Å². The van der Waals surface area contributed by atoms with Gasteiger partial charge in [0.2, 0.25) is 5.95 Å². The highest BCUT2D eigenvalue weighted by Gasteiger charge is 2.23. The van der Waals surface area contributed by atoms with Crippen molar-refractivity contribution in [2.75, 3.05) is 25.0 Å². The molecule has 86 valence electrons. The molecule has 1 N–H and O–H groups in total. The van der Waals surface area contributed by atoms with Crippen LogP contribution in [0.1, 0.15) is 29.8 Å². The van der Waals surface area contributed by atoms with Crippen molar-refractivity contribution in [1.82, 2.24) is 14.5 Å². The van der Waals surface area contributed by atoms with E-state index >= 15 is 0 Å². The number of rotatable bonds is 1. The number of aromatic nitrogens is 2. The first-order valence-corrected chi connectivity index (χ1v) is 5.95. The van der Waals surface area contributed by atoms with Crippen molar-refractivity contribution < 1.29 is 4.79 Å². The van der Waals surface area contributed by atoms with E-state index in [1.807, 2.05) is 15.7 Å². The molecule has 2 aliphatic rings. The fourth-order valence-electron chi connectivity index (χ4n) is 2.36. The van der Waals surface area contributed by atoms with Crippen molar-refractivity contribution in [2.24, 2.45) is 0 Å². The first-order chi connectivity index (χ1) is 7.84. The normalized spacial score (nSPS) is 19.4. The molecule has 0 unspecified atom stereocenters. The summed E-state index contributed by atoms with van der Waals surface area (Å²) in [6.45, 7) is 3.68. The van der Waals surface area contributed by atoms with E-state index in [-0.39, 0.29) is 5.91 Å². The Bertz CT molecular complexity index is 383. The number of likely N-dealkylation sites (tertiary alicyclic amines) is 1. The van der Waals surface area contributed by atoms with Gasteiger partial charge in [-0.1, -0.05) is 0 Å². The van der Waals surface area contributed by atoms with Gasteiger partial charge in [0.25, 0.3) is 5.91 Å². The Balaban J connectivity index is 1.83. The molecule has 5 nitrogen and oxygen atoms in total. The number of amides is 1. The predicted octanol–water partition coefficient (Wildman–Crippen LogP) is 0.935. The van der Waals surface area contributed by atoms with Gasteiger partial charge >= 0.3 is 0 Å². The second kappa shape index (κ2) is 3.81. The summed E-state index contributed by atoms with van der Waals surface area (Å²) in [4.78, 5) is 18.3. The molecule has 1 aromatic rings. The van der Waals surface area contributed by atoms with Crippen molar-refractivity contribution in [3.05, 3.63) is 11.9 Å². The third kappa shape index (κ3) is 1.56. The summed E-state index contributed by atoms with van der Waals surface area (Å²) in [6, 6.07) is 0. The van der Waals surface area contributed by atoms with Crippen LogP contribution in [0.15, 0.2) is 6.20 Å². The van der Waals surface area contributed by atoms with E-state index in [2.05, 4.69) is 10.3 Å². The lowest BCUT2D eigenvalue weighted by atomic mass is 10.4. The number of nitrogens with one attached hydrogen (secondary N) is 1. The monoisotopic (exact) mass is 220 g/mol. The Morgan fingerprint density at radius 1 is 1.25 bits per heavy atom. The standard InChI is InChI=1S/C11H16N4O/c16-10(14-5-1-2-6-14)9-8-15-7-3-4-12-11(15)13-9/h8H,1-7H2,(H,12,13). The molecular formula is C11H16N4O. The average Bonchev–Trinajstić information content (AvgIpc) is 2.97. The zero-order valence-corrected chi connectivity index (χ0v) is 9.28. The van der Waals surface area contributed by atoms with Gasteiger partial charge in [-0.05, 0) is 19.3 Å². The number of nitrogens with zero attached hydrogens (tertiary/aromatic N) is 3. The molecule has 0 radical (unpaired) electrons. The van der Waals surface area contributed by atoms with Crippen LogP contribution in [0.4, 0.5) is 5.95 Å². The van der Waals surface area contributed by atoms with Crippen LogP contribution in [-0.4, -0.2) is 40.0 Å². The van der Waals surface area contributed by atoms with Gasteiger partial charge in [0.15, 0.2) is 0 Å². The van der Waals surface area contributed by atoms with E-state index in [0.29, 0.717) is 5.69 Å². The van der Waals surface area contributed by atoms with E-state index in [1.165, 1.54) is 0 Å². The number of aryl methyl sites for hydroxylation is 1. The molecule has 0 spiro atoms. The average molecular weight is 220 g/mol. The van der Waals surface area contributed by atoms with Crippen LogP contribution in [0.25, 0.3) is 0 Å². The number of carbonyl (C=O) groups excluding carboxylic acids is 1. The summed E-state index contributed by atoms with van der Waals surface area (Å²) in [5, 5.41) is 3.21. The predicted molar refractivity (Wildman–Crippen MR) is 60.5 cm³/mol. The fraction of sp³-hybridized carbons (Fsp3) is 0.636. The van der Waals surface area contributed by atoms with Crippen LogP contribution in [0.5, 0.6) is 0 Å². The molecule has 3 heterocycles. The Morgan fingerprint density at radius 3 is 2.81 bits per heavy atom. The summed E-state index contributed by atoms with van der Waals surface area (Å²) in [6.07, 6.45) is 5.22. The number of hydrogen-bond acceptors (Lipinski definition) is 3. The smallest absolute Gasteiger partial charge is 0.274 e. The van der Waals surface area contributed by atoms with E-state index < -0.39 is 0 Å². The molecule has 1 fully saturated rings. The van der Waals surface area contributed by atoms with Gasteiger partial charge in [0.1, 0.15) is 5.69 Å². The maximum atomic E-state index is 12.1. The van der Waals surface area contributed by atoms with Crippen molar-refractivity contribution in [3.63, 3.8) is 0 Å². The molecule has 2 aliphatic heterocycles. The summed E-state index contributed by atoms with van der Waals surface area (Å²) in [5.41, 5.74) is 0.589. The van der Waals surface area contributed by atoms with Gasteiger partial charge in [-0.3, -0.25) is 4.79 Å². The van der Waals surface area contributed by atoms with Crippen LogP contribution >= 0.6 is 0 Å². The van der Waals surface area contributed by atoms with Gasteiger partial charge in [-0.2, -0.15) is 0 Å². The lowest BCUT2D eigenvalue weighted by Gasteiger charge is -2.14. The molecule has 0 atom stereocenters. The van der Waals surface area contributed by atoms with Crippen molar-refractivity contribution in [3.8, 4) is 0 Å². The first kappa shape index (κ1) is 9.69. The van der Waals surface area contributed by atoms with Crippen LogP contribution < -0.4 is 5.32 Å². The second-order valence-corrected chi connectivity index (χ2v) is 4.42. The lowest BCUT2D eigenvalue weighted by molar-refractivity contribution is 0.0787. The van der Waals surface area contributed by atoms with Crippen LogP contribution in [0.3, 0.4) is 0 Å². The number of imidazole rings is 1. The van der Waals surface area contributed by atoms with E-state index in [4.69, 9.17) is 0 Å². The van der Waals surface area contributed by atoms with E-state index in [1.54, 1.807) is 0 Å². The molecule has 0 saturated carbocycles. The maximum absolute atomic E-state index is 12.1. The van der Waals surface area contributed by atoms with Crippen molar-refractivity contribution in [2.45, 2.75) is 25.8 Å². The van der Waals surface area contributed by atoms with Gasteiger partial charge in [-0.15, -0.1) is 0 Å². The molecule has 5 heteroatoms. The summed E-state index contributed by atoms with van der Waals surface area (Å²) in [7, 11) is 0. The van der Waals surface area contributed by atoms with Crippen LogP contribution in [0, 0.1) is 0 Å². The fourth-order valence-corrected chi connectivity index (χ4v) is 2.36. The topological polar surface area (TPSA) is 50.2 Å². The van der Waals surface area contributed by atoms with E-state index in [9.17, 15) is 4.79 Å². The Morgan fingerprint density at radius 2 is 2.06 bits per heavy atom. The minimum absolute atomic E-state index is 0.0844. The zero-order chi connectivity index (χ0) is 11.0. The zero-order valence-electron chi connectivity index (χ0n) is 9.28. The largest absolute Gasteiger partial charge is 0.356 e. The number of fused-ring (bicyclic) bond motifs is 1. The number of hydrogen-bond donors (Lipinski definition) is 1. The summed E-state index contributed by atoms with van der Waals surface area (Å²) in [5.74, 6) is 0.926. The minimum Gasteiger partial charge on any atom is -0.356 e. The third-order valence-electron chi connectivity index (χ3n) is 3.25. The molecule has 0 aliphatic carbocycles. The molecule has 0 bridgehead atoms. The van der Waals surface area contributed by atoms with Gasteiger partial charge in [-0.25, -0.2) is 4.98 Å². The maximum Gasteiger partial charge on any atom is 0.274 e. The quantitative estimate of drug-likeness (QED) is 0.766. The highest BCUT2D eigenvalue weighted by molar-refractivity contribution is 5.92. The molecule has 16 heavy (non-hydrogen) atoms. The minimum atomic E-state index is 0.0844. The Labute approximate surface area is 94.4 Å². The summed E-state index contributed by atoms with van der Waals surface area (Å²) < 4.78 is 2.03. The van der Waals surface area contributed by atoms with Gasteiger partial charge in [0.05, 0.1) is 0 Å². The lowest BCUT2D eigenvalue weighted by Crippen LogP contribution is -2.27. The second-order valence-electron chi connectivity index (χ2n) is 4.42. The highest BCUT2D eigenvalue weighted by atomic mass is 16.2. The third-order valence-corrected chi connectivity index (χ3v) is 3.25. The Kier molecular flexibility index (Phi) is 2.31. The molecular weight excluding hydrogens is 204 g/mol. The van der Waals surface area contributed by atoms with Gasteiger partial charge < -0.3 is 14.8 Å². The SMILES string of the molecule is O=C(c1cn2c(n1)NCCC2)N1CCCC1. The molecule has 1 amide bonds. The van der Waals surface area contributed by atoms with E-state index in [0.717, 1.165) is 51.4 Å². The molecule has 1 saturated heterocycles. The number of carbonyl (C=O) groups is 1. The molecule has 1 aromatic heterocycles. The Hall–Kier alpha value is -1.52.